The molecular weight excluding hydrogens is 160 g/mol. The van der Waals surface area contributed by atoms with Crippen molar-refractivity contribution in [1.29, 1.82) is 0 Å². The summed E-state index contributed by atoms with van der Waals surface area (Å²) in [5.74, 6) is 0. The van der Waals surface area contributed by atoms with Gasteiger partial charge in [-0.1, -0.05) is 13.0 Å². The molecule has 0 amide bonds. The second kappa shape index (κ2) is 3.22. The molecule has 0 nitrogen and oxygen atoms in total. The van der Waals surface area contributed by atoms with Gasteiger partial charge in [0, 0.05) is 0 Å². The molecule has 0 aromatic heterocycles. The number of hydrogen-bond donors (Lipinski definition) is 2. The molecule has 0 atom stereocenters. The van der Waals surface area contributed by atoms with Crippen molar-refractivity contribution in [2.24, 2.45) is 0 Å². The van der Waals surface area contributed by atoms with Gasteiger partial charge < -0.3 is 0 Å². The molecule has 58 valence electrons. The summed E-state index contributed by atoms with van der Waals surface area (Å²) in [6.07, 6.45) is 6.93. The van der Waals surface area contributed by atoms with Crippen LogP contribution in [0, 0.1) is 0 Å². The molecule has 0 heterocycles. The summed E-state index contributed by atoms with van der Waals surface area (Å²) in [7, 11) is 0. The number of allylic oxidation sites excluding steroid dienone is 1. The minimum absolute atomic E-state index is 0.104. The predicted octanol–water partition coefficient (Wildman–Crippen LogP) is 3.06. The Kier molecular flexibility index (Phi) is 2.75. The zero-order valence-electron chi connectivity index (χ0n) is 6.30. The minimum atomic E-state index is -0.104. The second-order valence-corrected chi connectivity index (χ2v) is 4.67. The average molecular weight is 174 g/mol. The van der Waals surface area contributed by atoms with Gasteiger partial charge in [-0.3, -0.25) is 0 Å². The number of thiol groups is 2. The standard InChI is InChI=1S/C8H14S2/c1-2-7-5-3-4-6-8(7,9)10/h5,9-10H,2-4,6H2,1H3. The van der Waals surface area contributed by atoms with Gasteiger partial charge in [-0.15, -0.1) is 0 Å². The van der Waals surface area contributed by atoms with E-state index in [0.717, 1.165) is 12.8 Å². The molecule has 2 heteroatoms. The zero-order valence-corrected chi connectivity index (χ0v) is 8.09. The van der Waals surface area contributed by atoms with Gasteiger partial charge in [-0.25, -0.2) is 0 Å². The van der Waals surface area contributed by atoms with Crippen LogP contribution in [0.25, 0.3) is 0 Å². The summed E-state index contributed by atoms with van der Waals surface area (Å²) in [5.41, 5.74) is 1.39. The van der Waals surface area contributed by atoms with Crippen LogP contribution in [0.4, 0.5) is 0 Å². The first-order valence-corrected chi connectivity index (χ1v) is 4.70. The third-order valence-electron chi connectivity index (χ3n) is 2.02. The molecule has 0 N–H and O–H groups in total. The molecule has 0 bridgehead atoms. The summed E-state index contributed by atoms with van der Waals surface area (Å²) in [5, 5.41) is 0. The first-order chi connectivity index (χ1) is 4.67. The fourth-order valence-electron chi connectivity index (χ4n) is 1.38. The maximum atomic E-state index is 4.49. The smallest absolute Gasteiger partial charge is 0.0762 e. The molecule has 0 unspecified atom stereocenters. The minimum Gasteiger partial charge on any atom is -0.157 e. The van der Waals surface area contributed by atoms with E-state index in [-0.39, 0.29) is 4.08 Å². The van der Waals surface area contributed by atoms with E-state index in [1.54, 1.807) is 0 Å². The van der Waals surface area contributed by atoms with Crippen LogP contribution >= 0.6 is 25.3 Å². The van der Waals surface area contributed by atoms with Crippen LogP contribution in [0.1, 0.15) is 32.6 Å². The van der Waals surface area contributed by atoms with Crippen molar-refractivity contribution in [2.45, 2.75) is 36.7 Å². The Morgan fingerprint density at radius 3 is 2.70 bits per heavy atom. The lowest BCUT2D eigenvalue weighted by atomic mass is 9.96. The summed E-state index contributed by atoms with van der Waals surface area (Å²) in [6, 6.07) is 0. The van der Waals surface area contributed by atoms with Crippen LogP contribution in [0.5, 0.6) is 0 Å². The molecule has 0 aromatic rings. The van der Waals surface area contributed by atoms with Crippen molar-refractivity contribution < 1.29 is 0 Å². The first kappa shape index (κ1) is 8.54. The molecule has 1 aliphatic rings. The van der Waals surface area contributed by atoms with Crippen molar-refractivity contribution in [1.82, 2.24) is 0 Å². The van der Waals surface area contributed by atoms with E-state index >= 15 is 0 Å². The molecule has 1 aliphatic carbocycles. The fraction of sp³-hybridized carbons (Fsp3) is 0.750. The maximum absolute atomic E-state index is 4.49. The Morgan fingerprint density at radius 2 is 2.30 bits per heavy atom. The van der Waals surface area contributed by atoms with Crippen LogP contribution in [-0.2, 0) is 0 Å². The highest BCUT2D eigenvalue weighted by Crippen LogP contribution is 2.39. The number of hydrogen-bond acceptors (Lipinski definition) is 2. The molecule has 0 fully saturated rings. The molecule has 0 aromatic carbocycles. The van der Waals surface area contributed by atoms with Crippen molar-refractivity contribution in [3.8, 4) is 0 Å². The third-order valence-corrected chi connectivity index (χ3v) is 3.04. The van der Waals surface area contributed by atoms with Gasteiger partial charge in [0.1, 0.15) is 0 Å². The lowest BCUT2D eigenvalue weighted by molar-refractivity contribution is 0.673. The second-order valence-electron chi connectivity index (χ2n) is 2.79. The lowest BCUT2D eigenvalue weighted by Crippen LogP contribution is -2.19. The van der Waals surface area contributed by atoms with E-state index in [1.165, 1.54) is 18.4 Å². The zero-order chi connectivity index (χ0) is 7.61. The highest BCUT2D eigenvalue weighted by molar-refractivity contribution is 8.01. The van der Waals surface area contributed by atoms with E-state index in [2.05, 4.69) is 38.3 Å². The Morgan fingerprint density at radius 1 is 1.60 bits per heavy atom. The van der Waals surface area contributed by atoms with E-state index in [4.69, 9.17) is 0 Å². The quantitative estimate of drug-likeness (QED) is 0.341. The van der Waals surface area contributed by atoms with Gasteiger partial charge >= 0.3 is 0 Å². The molecule has 0 saturated heterocycles. The highest BCUT2D eigenvalue weighted by atomic mass is 32.2. The Labute approximate surface area is 73.9 Å². The van der Waals surface area contributed by atoms with Gasteiger partial charge in [-0.05, 0) is 31.3 Å². The van der Waals surface area contributed by atoms with Gasteiger partial charge in [0.2, 0.25) is 0 Å². The summed E-state index contributed by atoms with van der Waals surface area (Å²) >= 11 is 8.98. The van der Waals surface area contributed by atoms with Crippen molar-refractivity contribution in [2.75, 3.05) is 0 Å². The summed E-state index contributed by atoms with van der Waals surface area (Å²) in [6.45, 7) is 2.17. The van der Waals surface area contributed by atoms with Gasteiger partial charge in [-0.2, -0.15) is 25.3 Å². The summed E-state index contributed by atoms with van der Waals surface area (Å²) < 4.78 is -0.104. The van der Waals surface area contributed by atoms with Gasteiger partial charge in [0.15, 0.2) is 0 Å². The largest absolute Gasteiger partial charge is 0.157 e. The Bertz CT molecular complexity index is 147. The topological polar surface area (TPSA) is 0 Å². The molecule has 0 spiro atoms. The Hall–Kier alpha value is 0.440. The van der Waals surface area contributed by atoms with Crippen molar-refractivity contribution in [3.05, 3.63) is 11.6 Å². The maximum Gasteiger partial charge on any atom is 0.0762 e. The van der Waals surface area contributed by atoms with Gasteiger partial charge in [0.25, 0.3) is 0 Å². The predicted molar refractivity (Wildman–Crippen MR) is 52.9 cm³/mol. The van der Waals surface area contributed by atoms with Gasteiger partial charge in [0.05, 0.1) is 4.08 Å². The molecular formula is C8H14S2. The van der Waals surface area contributed by atoms with Crippen molar-refractivity contribution in [3.63, 3.8) is 0 Å². The van der Waals surface area contributed by atoms with E-state index in [1.807, 2.05) is 0 Å². The van der Waals surface area contributed by atoms with E-state index < -0.39 is 0 Å². The molecule has 0 radical (unpaired) electrons. The SMILES string of the molecule is CCC1=CCCCC1(S)S. The van der Waals surface area contributed by atoms with Crippen molar-refractivity contribution >= 4 is 25.3 Å². The van der Waals surface area contributed by atoms with Crippen LogP contribution in [0.3, 0.4) is 0 Å². The summed E-state index contributed by atoms with van der Waals surface area (Å²) in [4.78, 5) is 0. The Balaban J connectivity index is 2.73. The van der Waals surface area contributed by atoms with E-state index in [9.17, 15) is 0 Å². The average Bonchev–Trinajstić information content (AvgIpc) is 1.87. The molecule has 10 heavy (non-hydrogen) atoms. The van der Waals surface area contributed by atoms with Crippen LogP contribution in [-0.4, -0.2) is 4.08 Å². The molecule has 0 saturated carbocycles. The van der Waals surface area contributed by atoms with Crippen LogP contribution < -0.4 is 0 Å². The third kappa shape index (κ3) is 1.73. The first-order valence-electron chi connectivity index (χ1n) is 3.81. The van der Waals surface area contributed by atoms with E-state index in [0.29, 0.717) is 0 Å². The fourth-order valence-corrected chi connectivity index (χ4v) is 2.19. The molecule has 1 rings (SSSR count). The normalized spacial score (nSPS) is 24.1. The molecule has 0 aliphatic heterocycles. The van der Waals surface area contributed by atoms with Crippen LogP contribution in [0.15, 0.2) is 11.6 Å². The highest BCUT2D eigenvalue weighted by Gasteiger charge is 2.25. The monoisotopic (exact) mass is 174 g/mol. The number of rotatable bonds is 1. The van der Waals surface area contributed by atoms with Crippen LogP contribution in [0.2, 0.25) is 0 Å². The lowest BCUT2D eigenvalue weighted by Gasteiger charge is -2.29.